The van der Waals surface area contributed by atoms with Crippen molar-refractivity contribution in [1.82, 2.24) is 10.6 Å². The fourth-order valence-electron chi connectivity index (χ4n) is 2.05. The lowest BCUT2D eigenvalue weighted by molar-refractivity contribution is -0.123. The number of hydrogen-bond donors (Lipinski definition) is 2. The summed E-state index contributed by atoms with van der Waals surface area (Å²) < 4.78 is 4.66. The molecule has 1 aromatic rings. The summed E-state index contributed by atoms with van der Waals surface area (Å²) in [6, 6.07) is 6.95. The number of carbonyl (C=O) groups is 2. The van der Waals surface area contributed by atoms with Gasteiger partial charge < -0.3 is 15.4 Å². The average molecular weight is 292 g/mol. The Bertz CT molecular complexity index is 469. The molecule has 0 saturated carbocycles. The highest BCUT2D eigenvalue weighted by molar-refractivity contribution is 5.89. The van der Waals surface area contributed by atoms with Crippen LogP contribution in [0.25, 0.3) is 0 Å². The lowest BCUT2D eigenvalue weighted by atomic mass is 10.0. The predicted octanol–water partition coefficient (Wildman–Crippen LogP) is 1.72. The third-order valence-corrected chi connectivity index (χ3v) is 3.20. The van der Waals surface area contributed by atoms with Gasteiger partial charge in [0.05, 0.1) is 18.7 Å². The molecular formula is C16H24N2O3. The summed E-state index contributed by atoms with van der Waals surface area (Å²) in [6.45, 7) is 4.75. The molecule has 2 N–H and O–H groups in total. The Morgan fingerprint density at radius 1 is 1.19 bits per heavy atom. The Hall–Kier alpha value is -1.88. The molecule has 116 valence electrons. The van der Waals surface area contributed by atoms with Gasteiger partial charge in [-0.3, -0.25) is 4.79 Å². The number of hydrogen-bond acceptors (Lipinski definition) is 4. The second-order valence-corrected chi connectivity index (χ2v) is 5.37. The molecule has 1 amide bonds. The first-order valence-corrected chi connectivity index (χ1v) is 7.10. The normalized spacial score (nSPS) is 12.0. The molecule has 0 aliphatic carbocycles. The van der Waals surface area contributed by atoms with Crippen LogP contribution < -0.4 is 10.6 Å². The summed E-state index contributed by atoms with van der Waals surface area (Å²) >= 11 is 0. The Kier molecular flexibility index (Phi) is 6.88. The number of rotatable bonds is 7. The lowest BCUT2D eigenvalue weighted by Gasteiger charge is -2.19. The largest absolute Gasteiger partial charge is 0.465 e. The van der Waals surface area contributed by atoms with E-state index in [9.17, 15) is 9.59 Å². The smallest absolute Gasteiger partial charge is 0.337 e. The van der Waals surface area contributed by atoms with E-state index in [4.69, 9.17) is 0 Å². The maximum atomic E-state index is 11.8. The number of ether oxygens (including phenoxy) is 1. The molecule has 0 aliphatic heterocycles. The molecule has 0 bridgehead atoms. The zero-order valence-corrected chi connectivity index (χ0v) is 13.1. The molecule has 0 spiro atoms. The first-order valence-electron chi connectivity index (χ1n) is 7.10. The molecule has 0 radical (unpaired) electrons. The second-order valence-electron chi connectivity index (χ2n) is 5.37. The Labute approximate surface area is 126 Å². The van der Waals surface area contributed by atoms with Crippen LogP contribution in [0.15, 0.2) is 24.3 Å². The number of likely N-dealkylation sites (N-methyl/N-ethyl adjacent to an activating group) is 1. The van der Waals surface area contributed by atoms with Gasteiger partial charge in [-0.25, -0.2) is 4.79 Å². The van der Waals surface area contributed by atoms with Crippen LogP contribution >= 0.6 is 0 Å². The van der Waals surface area contributed by atoms with Crippen LogP contribution in [0.5, 0.6) is 0 Å². The first-order chi connectivity index (χ1) is 9.97. The van der Waals surface area contributed by atoms with Gasteiger partial charge in [0.2, 0.25) is 5.91 Å². The van der Waals surface area contributed by atoms with Crippen molar-refractivity contribution in [2.45, 2.75) is 32.9 Å². The maximum absolute atomic E-state index is 11.8. The van der Waals surface area contributed by atoms with Gasteiger partial charge >= 0.3 is 5.97 Å². The molecular weight excluding hydrogens is 268 g/mol. The van der Waals surface area contributed by atoms with E-state index >= 15 is 0 Å². The Balaban J connectivity index is 2.63. The predicted molar refractivity (Wildman–Crippen MR) is 81.9 cm³/mol. The summed E-state index contributed by atoms with van der Waals surface area (Å²) in [7, 11) is 3.00. The molecule has 5 nitrogen and oxygen atoms in total. The fourth-order valence-corrected chi connectivity index (χ4v) is 2.05. The topological polar surface area (TPSA) is 67.4 Å². The molecule has 1 aromatic carbocycles. The summed E-state index contributed by atoms with van der Waals surface area (Å²) in [5, 5.41) is 5.93. The number of carbonyl (C=O) groups excluding carboxylic acids is 2. The molecule has 0 saturated heterocycles. The minimum Gasteiger partial charge on any atom is -0.465 e. The molecule has 1 atom stereocenters. The van der Waals surface area contributed by atoms with E-state index in [0.717, 1.165) is 12.0 Å². The number of benzene rings is 1. The highest BCUT2D eigenvalue weighted by atomic mass is 16.5. The van der Waals surface area contributed by atoms with Gasteiger partial charge in [0.15, 0.2) is 0 Å². The molecule has 1 rings (SSSR count). The molecule has 0 fully saturated rings. The first kappa shape index (κ1) is 17.2. The summed E-state index contributed by atoms with van der Waals surface area (Å²) in [5.74, 6) is 0.0777. The van der Waals surface area contributed by atoms with E-state index in [-0.39, 0.29) is 17.9 Å². The van der Waals surface area contributed by atoms with Gasteiger partial charge in [0.25, 0.3) is 0 Å². The average Bonchev–Trinajstić information content (AvgIpc) is 2.50. The minimum atomic E-state index is -0.349. The lowest BCUT2D eigenvalue weighted by Crippen LogP contribution is -2.43. The monoisotopic (exact) mass is 292 g/mol. The van der Waals surface area contributed by atoms with Crippen molar-refractivity contribution in [1.29, 1.82) is 0 Å². The quantitative estimate of drug-likeness (QED) is 0.751. The van der Waals surface area contributed by atoms with Crippen LogP contribution in [0.2, 0.25) is 0 Å². The fraction of sp³-hybridized carbons (Fsp3) is 0.500. The standard InChI is InChI=1S/C16H24N2O3/c1-11(2)9-14(15(19)17-3)18-10-12-5-7-13(8-6-12)16(20)21-4/h5-8,11,14,18H,9-10H2,1-4H3,(H,17,19). The van der Waals surface area contributed by atoms with Gasteiger partial charge in [-0.2, -0.15) is 0 Å². The van der Waals surface area contributed by atoms with Crippen LogP contribution in [0.4, 0.5) is 0 Å². The zero-order valence-electron chi connectivity index (χ0n) is 13.1. The number of nitrogens with one attached hydrogen (secondary N) is 2. The molecule has 1 unspecified atom stereocenters. The summed E-state index contributed by atoms with van der Waals surface area (Å²) in [4.78, 5) is 23.2. The maximum Gasteiger partial charge on any atom is 0.337 e. The highest BCUT2D eigenvalue weighted by Gasteiger charge is 2.17. The van der Waals surface area contributed by atoms with Crippen LogP contribution in [0.1, 0.15) is 36.2 Å². The highest BCUT2D eigenvalue weighted by Crippen LogP contribution is 2.08. The number of methoxy groups -OCH3 is 1. The molecule has 0 heterocycles. The van der Waals surface area contributed by atoms with E-state index in [0.29, 0.717) is 18.0 Å². The Morgan fingerprint density at radius 3 is 2.29 bits per heavy atom. The van der Waals surface area contributed by atoms with E-state index in [1.807, 2.05) is 12.1 Å². The number of amides is 1. The van der Waals surface area contributed by atoms with Crippen molar-refractivity contribution in [2.24, 2.45) is 5.92 Å². The summed E-state index contributed by atoms with van der Waals surface area (Å²) in [6.07, 6.45) is 0.778. The van der Waals surface area contributed by atoms with Gasteiger partial charge in [0.1, 0.15) is 0 Å². The third kappa shape index (κ3) is 5.55. The second kappa shape index (κ2) is 8.42. The van der Waals surface area contributed by atoms with Crippen LogP contribution in [0, 0.1) is 5.92 Å². The summed E-state index contributed by atoms with van der Waals surface area (Å²) in [5.41, 5.74) is 1.53. The van der Waals surface area contributed by atoms with Gasteiger partial charge in [-0.15, -0.1) is 0 Å². The van der Waals surface area contributed by atoms with Crippen molar-refractivity contribution < 1.29 is 14.3 Å². The molecule has 5 heteroatoms. The van der Waals surface area contributed by atoms with Crippen molar-refractivity contribution in [3.8, 4) is 0 Å². The molecule has 0 aliphatic rings. The minimum absolute atomic E-state index is 0.00474. The van der Waals surface area contributed by atoms with E-state index in [1.165, 1.54) is 7.11 Å². The van der Waals surface area contributed by atoms with Gasteiger partial charge in [-0.1, -0.05) is 26.0 Å². The third-order valence-electron chi connectivity index (χ3n) is 3.20. The van der Waals surface area contributed by atoms with Gasteiger partial charge in [-0.05, 0) is 30.0 Å². The van der Waals surface area contributed by atoms with E-state index in [2.05, 4.69) is 29.2 Å². The SMILES string of the molecule is CNC(=O)C(CC(C)C)NCc1ccc(C(=O)OC)cc1. The van der Waals surface area contributed by atoms with Crippen LogP contribution in [-0.2, 0) is 16.1 Å². The van der Waals surface area contributed by atoms with E-state index < -0.39 is 0 Å². The van der Waals surface area contributed by atoms with E-state index in [1.54, 1.807) is 19.2 Å². The van der Waals surface area contributed by atoms with Crippen molar-refractivity contribution in [2.75, 3.05) is 14.2 Å². The zero-order chi connectivity index (χ0) is 15.8. The number of esters is 1. The molecule has 0 aromatic heterocycles. The van der Waals surface area contributed by atoms with Crippen LogP contribution in [0.3, 0.4) is 0 Å². The van der Waals surface area contributed by atoms with Crippen molar-refractivity contribution in [3.63, 3.8) is 0 Å². The molecule has 21 heavy (non-hydrogen) atoms. The Morgan fingerprint density at radius 2 is 1.81 bits per heavy atom. The van der Waals surface area contributed by atoms with Crippen molar-refractivity contribution >= 4 is 11.9 Å². The van der Waals surface area contributed by atoms with Gasteiger partial charge in [0, 0.05) is 13.6 Å². The van der Waals surface area contributed by atoms with Crippen molar-refractivity contribution in [3.05, 3.63) is 35.4 Å². The van der Waals surface area contributed by atoms with Crippen LogP contribution in [-0.4, -0.2) is 32.1 Å².